The van der Waals surface area contributed by atoms with Gasteiger partial charge in [0.05, 0.1) is 12.7 Å². The van der Waals surface area contributed by atoms with Gasteiger partial charge in [-0.15, -0.1) is 0 Å². The van der Waals surface area contributed by atoms with Gasteiger partial charge in [-0.1, -0.05) is 23.8 Å². The zero-order chi connectivity index (χ0) is 16.8. The lowest BCUT2D eigenvalue weighted by molar-refractivity contribution is 0.0724. The molecule has 5 heteroatoms. The number of carbonyl (C=O) groups is 1. The largest absolute Gasteiger partial charge is 0.450 e. The maximum atomic E-state index is 11.7. The van der Waals surface area contributed by atoms with Crippen molar-refractivity contribution in [1.82, 2.24) is 9.80 Å². The number of nitrogens with zero attached hydrogens (tertiary/aromatic N) is 2. The monoisotopic (exact) mass is 320 g/mol. The molecule has 2 rings (SSSR count). The molecule has 1 saturated heterocycles. The molecule has 0 aliphatic carbocycles. The lowest BCUT2D eigenvalue weighted by Crippen LogP contribution is -2.49. The van der Waals surface area contributed by atoms with Gasteiger partial charge in [-0.3, -0.25) is 4.90 Å². The molecular formula is C18H28N2O3. The van der Waals surface area contributed by atoms with Gasteiger partial charge in [-0.25, -0.2) is 4.79 Å². The number of aliphatic hydroxyl groups excluding tert-OH is 1. The number of rotatable bonds is 5. The maximum Gasteiger partial charge on any atom is 0.409 e. The number of hydrogen-bond donors (Lipinski definition) is 1. The minimum absolute atomic E-state index is 0.220. The average Bonchev–Trinajstić information content (AvgIpc) is 2.53. The molecule has 23 heavy (non-hydrogen) atoms. The minimum Gasteiger partial charge on any atom is -0.450 e. The molecule has 0 spiro atoms. The summed E-state index contributed by atoms with van der Waals surface area (Å²) in [4.78, 5) is 15.7. The Morgan fingerprint density at radius 1 is 1.26 bits per heavy atom. The first-order chi connectivity index (χ1) is 11.0. The van der Waals surface area contributed by atoms with Gasteiger partial charge in [0.1, 0.15) is 0 Å². The van der Waals surface area contributed by atoms with Crippen LogP contribution in [0.5, 0.6) is 0 Å². The van der Waals surface area contributed by atoms with Crippen LogP contribution in [0.1, 0.15) is 36.1 Å². The van der Waals surface area contributed by atoms with Crippen LogP contribution < -0.4 is 0 Å². The van der Waals surface area contributed by atoms with E-state index in [2.05, 4.69) is 17.9 Å². The molecule has 128 valence electrons. The molecule has 1 aromatic rings. The van der Waals surface area contributed by atoms with E-state index in [1.165, 1.54) is 5.56 Å². The summed E-state index contributed by atoms with van der Waals surface area (Å²) in [7, 11) is 0. The average molecular weight is 320 g/mol. The summed E-state index contributed by atoms with van der Waals surface area (Å²) in [6.07, 6.45) is 0.0599. The zero-order valence-electron chi connectivity index (χ0n) is 14.4. The van der Waals surface area contributed by atoms with Crippen LogP contribution in [0.2, 0.25) is 0 Å². The first kappa shape index (κ1) is 17.8. The Bertz CT molecular complexity index is 525. The predicted molar refractivity (Wildman–Crippen MR) is 90.5 cm³/mol. The molecule has 1 atom stereocenters. The van der Waals surface area contributed by atoms with Crippen molar-refractivity contribution in [2.24, 2.45) is 0 Å². The van der Waals surface area contributed by atoms with Crippen molar-refractivity contribution in [3.63, 3.8) is 0 Å². The molecule has 1 N–H and O–H groups in total. The Hall–Kier alpha value is -1.59. The second kappa shape index (κ2) is 8.31. The number of carbonyl (C=O) groups excluding carboxylic acids is 1. The Kier molecular flexibility index (Phi) is 6.42. The predicted octanol–water partition coefficient (Wildman–Crippen LogP) is 2.50. The number of amides is 1. The Balaban J connectivity index is 1.77. The van der Waals surface area contributed by atoms with Crippen molar-refractivity contribution in [3.05, 3.63) is 34.9 Å². The molecular weight excluding hydrogens is 292 g/mol. The van der Waals surface area contributed by atoms with Crippen molar-refractivity contribution in [1.29, 1.82) is 0 Å². The fourth-order valence-corrected chi connectivity index (χ4v) is 3.03. The van der Waals surface area contributed by atoms with Gasteiger partial charge >= 0.3 is 6.09 Å². The molecule has 0 radical (unpaired) electrons. The molecule has 1 heterocycles. The second-order valence-electron chi connectivity index (χ2n) is 6.19. The van der Waals surface area contributed by atoms with Gasteiger partial charge in [0.2, 0.25) is 0 Å². The van der Waals surface area contributed by atoms with Crippen molar-refractivity contribution in [2.75, 3.05) is 39.3 Å². The molecule has 1 amide bonds. The van der Waals surface area contributed by atoms with E-state index in [0.29, 0.717) is 26.1 Å². The van der Waals surface area contributed by atoms with E-state index in [0.717, 1.165) is 30.8 Å². The molecule has 1 unspecified atom stereocenters. The second-order valence-corrected chi connectivity index (χ2v) is 6.19. The molecule has 0 saturated carbocycles. The van der Waals surface area contributed by atoms with Crippen molar-refractivity contribution in [3.8, 4) is 0 Å². The quantitative estimate of drug-likeness (QED) is 0.906. The molecule has 1 aliphatic heterocycles. The highest BCUT2D eigenvalue weighted by molar-refractivity contribution is 5.67. The molecule has 0 aromatic heterocycles. The summed E-state index contributed by atoms with van der Waals surface area (Å²) >= 11 is 0. The van der Waals surface area contributed by atoms with Gasteiger partial charge < -0.3 is 14.7 Å². The molecule has 5 nitrogen and oxygen atoms in total. The van der Waals surface area contributed by atoms with Gasteiger partial charge in [0.15, 0.2) is 0 Å². The normalized spacial score (nSPS) is 17.1. The number of hydrogen-bond acceptors (Lipinski definition) is 4. The van der Waals surface area contributed by atoms with E-state index in [-0.39, 0.29) is 6.09 Å². The third kappa shape index (κ3) is 4.94. The maximum absolute atomic E-state index is 11.7. The van der Waals surface area contributed by atoms with Crippen molar-refractivity contribution < 1.29 is 14.6 Å². The first-order valence-corrected chi connectivity index (χ1v) is 8.40. The summed E-state index contributed by atoms with van der Waals surface area (Å²) in [5, 5.41) is 10.4. The lowest BCUT2D eigenvalue weighted by Gasteiger charge is -2.34. The van der Waals surface area contributed by atoms with Crippen molar-refractivity contribution >= 4 is 6.09 Å². The summed E-state index contributed by atoms with van der Waals surface area (Å²) in [5.74, 6) is 0. The van der Waals surface area contributed by atoms with Crippen LogP contribution in [0.4, 0.5) is 4.79 Å². The molecule has 1 aliphatic rings. The van der Waals surface area contributed by atoms with E-state index < -0.39 is 6.10 Å². The van der Waals surface area contributed by atoms with E-state index in [9.17, 15) is 9.90 Å². The van der Waals surface area contributed by atoms with E-state index in [4.69, 9.17) is 4.74 Å². The SMILES string of the molecule is CCOC(=O)N1CCN(CCC(O)c2ccc(C)cc2C)CC1. The van der Waals surface area contributed by atoms with E-state index in [1.54, 1.807) is 4.90 Å². The van der Waals surface area contributed by atoms with Crippen LogP contribution in [0.25, 0.3) is 0 Å². The van der Waals surface area contributed by atoms with E-state index >= 15 is 0 Å². The van der Waals surface area contributed by atoms with Gasteiger partial charge in [0, 0.05) is 32.7 Å². The first-order valence-electron chi connectivity index (χ1n) is 8.40. The van der Waals surface area contributed by atoms with Gasteiger partial charge in [-0.2, -0.15) is 0 Å². The molecule has 0 bridgehead atoms. The van der Waals surface area contributed by atoms with Crippen LogP contribution in [-0.2, 0) is 4.74 Å². The standard InChI is InChI=1S/C18H28N2O3/c1-4-23-18(22)20-11-9-19(10-12-20)8-7-17(21)16-6-5-14(2)13-15(16)3/h5-6,13,17,21H,4,7-12H2,1-3H3. The highest BCUT2D eigenvalue weighted by atomic mass is 16.6. The molecule has 1 fully saturated rings. The van der Waals surface area contributed by atoms with Crippen LogP contribution in [-0.4, -0.2) is 60.3 Å². The number of aliphatic hydroxyl groups is 1. The Morgan fingerprint density at radius 3 is 2.57 bits per heavy atom. The lowest BCUT2D eigenvalue weighted by atomic mass is 9.99. The Labute approximate surface area is 138 Å². The van der Waals surface area contributed by atoms with Crippen molar-refractivity contribution in [2.45, 2.75) is 33.3 Å². The fraction of sp³-hybridized carbons (Fsp3) is 0.611. The third-order valence-corrected chi connectivity index (χ3v) is 4.40. The summed E-state index contributed by atoms with van der Waals surface area (Å²) in [6, 6.07) is 6.17. The Morgan fingerprint density at radius 2 is 1.96 bits per heavy atom. The molecule has 1 aromatic carbocycles. The van der Waals surface area contributed by atoms with Crippen LogP contribution in [0.15, 0.2) is 18.2 Å². The summed E-state index contributed by atoms with van der Waals surface area (Å²) in [6.45, 7) is 10.2. The topological polar surface area (TPSA) is 53.0 Å². The number of ether oxygens (including phenoxy) is 1. The van der Waals surface area contributed by atoms with E-state index in [1.807, 2.05) is 26.0 Å². The minimum atomic E-state index is -0.432. The van der Waals surface area contributed by atoms with Crippen LogP contribution in [0.3, 0.4) is 0 Å². The highest BCUT2D eigenvalue weighted by Crippen LogP contribution is 2.22. The smallest absolute Gasteiger partial charge is 0.409 e. The highest BCUT2D eigenvalue weighted by Gasteiger charge is 2.22. The summed E-state index contributed by atoms with van der Waals surface area (Å²) < 4.78 is 5.02. The van der Waals surface area contributed by atoms with Crippen LogP contribution >= 0.6 is 0 Å². The third-order valence-electron chi connectivity index (χ3n) is 4.40. The number of aryl methyl sites for hydroxylation is 2. The zero-order valence-corrected chi connectivity index (χ0v) is 14.4. The van der Waals surface area contributed by atoms with Gasteiger partial charge in [-0.05, 0) is 38.3 Å². The summed E-state index contributed by atoms with van der Waals surface area (Å²) in [5.41, 5.74) is 3.37. The van der Waals surface area contributed by atoms with Crippen LogP contribution in [0, 0.1) is 13.8 Å². The number of benzene rings is 1. The fourth-order valence-electron chi connectivity index (χ4n) is 3.03. The van der Waals surface area contributed by atoms with Gasteiger partial charge in [0.25, 0.3) is 0 Å². The number of piperazine rings is 1.